The molecule has 0 aliphatic carbocycles. The molecule has 0 aromatic carbocycles. The highest BCUT2D eigenvalue weighted by Crippen LogP contribution is 2.19. The molecule has 1 amide bonds. The van der Waals surface area contributed by atoms with Crippen LogP contribution in [0.5, 0.6) is 0 Å². The van der Waals surface area contributed by atoms with Crippen molar-refractivity contribution in [2.45, 2.75) is 398 Å². The molecule has 2 unspecified atom stereocenters. The number of allylic oxidation sites excluding steroid dienone is 1. The summed E-state index contributed by atoms with van der Waals surface area (Å²) >= 11 is 0. The van der Waals surface area contributed by atoms with Gasteiger partial charge >= 0.3 is 5.97 Å². The molecule has 0 saturated heterocycles. The van der Waals surface area contributed by atoms with Gasteiger partial charge in [0.2, 0.25) is 5.91 Å². The highest BCUT2D eigenvalue weighted by Gasteiger charge is 2.18. The summed E-state index contributed by atoms with van der Waals surface area (Å²) in [6.07, 6.45) is 78.5. The highest BCUT2D eigenvalue weighted by atomic mass is 16.5. The van der Waals surface area contributed by atoms with E-state index in [0.29, 0.717) is 19.4 Å². The number of amides is 1. The lowest BCUT2D eigenvalue weighted by atomic mass is 10.0. The third-order valence-electron chi connectivity index (χ3n) is 16.1. The number of rotatable bonds is 64. The second-order valence-electron chi connectivity index (χ2n) is 23.5. The number of carbonyl (C=O) groups is 2. The monoisotopic (exact) mass is 1040 g/mol. The largest absolute Gasteiger partial charge is 0.466 e. The summed E-state index contributed by atoms with van der Waals surface area (Å²) in [7, 11) is 0. The number of hydrogen-bond donors (Lipinski definition) is 3. The maximum atomic E-state index is 12.5. The van der Waals surface area contributed by atoms with E-state index < -0.39 is 12.1 Å². The topological polar surface area (TPSA) is 95.9 Å². The van der Waals surface area contributed by atoms with Crippen molar-refractivity contribution in [3.63, 3.8) is 0 Å². The minimum atomic E-state index is -0.843. The lowest BCUT2D eigenvalue weighted by molar-refractivity contribution is -0.143. The first-order chi connectivity index (χ1) is 36.5. The Morgan fingerprint density at radius 3 is 0.919 bits per heavy atom. The van der Waals surface area contributed by atoms with Gasteiger partial charge in [-0.2, -0.15) is 0 Å². The molecule has 3 N–H and O–H groups in total. The van der Waals surface area contributed by atoms with E-state index in [1.54, 1.807) is 6.08 Å². The van der Waals surface area contributed by atoms with E-state index in [0.717, 1.165) is 38.5 Å². The van der Waals surface area contributed by atoms with Crippen molar-refractivity contribution in [3.05, 3.63) is 12.2 Å². The Labute approximate surface area is 463 Å². The predicted molar refractivity (Wildman–Crippen MR) is 324 cm³/mol. The minimum Gasteiger partial charge on any atom is -0.466 e. The van der Waals surface area contributed by atoms with Gasteiger partial charge < -0.3 is 20.3 Å². The lowest BCUT2D eigenvalue weighted by Gasteiger charge is -2.20. The molecule has 440 valence electrons. The van der Waals surface area contributed by atoms with Crippen molar-refractivity contribution < 1.29 is 24.5 Å². The van der Waals surface area contributed by atoms with E-state index in [1.165, 1.54) is 321 Å². The standard InChI is InChI=1S/C68H133NO5/c1-3-5-7-9-11-13-15-17-19-20-27-30-33-36-40-44-48-52-56-60-66(71)65(64-70)69-67(72)61-57-53-49-45-41-37-34-31-28-25-23-21-22-24-26-29-32-35-39-43-47-51-55-59-63-74-68(73)62-58-54-50-46-42-38-18-16-14-12-10-8-6-4-2/h56,60,65-66,70-71H,3-55,57-59,61-64H2,1-2H3,(H,69,72)/b60-56+. The smallest absolute Gasteiger partial charge is 0.305 e. The second-order valence-corrected chi connectivity index (χ2v) is 23.5. The zero-order valence-electron chi connectivity index (χ0n) is 50.4. The van der Waals surface area contributed by atoms with Gasteiger partial charge in [0.1, 0.15) is 0 Å². The zero-order valence-corrected chi connectivity index (χ0v) is 50.4. The first-order valence-corrected chi connectivity index (χ1v) is 34.0. The molecule has 0 aliphatic rings. The van der Waals surface area contributed by atoms with E-state index in [-0.39, 0.29) is 18.5 Å². The molecule has 0 saturated carbocycles. The van der Waals surface area contributed by atoms with Crippen LogP contribution in [0.15, 0.2) is 12.2 Å². The molecule has 0 fully saturated rings. The van der Waals surface area contributed by atoms with Crippen molar-refractivity contribution in [1.82, 2.24) is 5.32 Å². The van der Waals surface area contributed by atoms with E-state index >= 15 is 0 Å². The fourth-order valence-corrected chi connectivity index (χ4v) is 10.9. The average molecular weight is 1040 g/mol. The van der Waals surface area contributed by atoms with Crippen LogP contribution in [-0.4, -0.2) is 47.4 Å². The Hall–Kier alpha value is -1.40. The summed E-state index contributed by atoms with van der Waals surface area (Å²) in [5.74, 6) is -0.0446. The Morgan fingerprint density at radius 1 is 0.365 bits per heavy atom. The molecule has 0 heterocycles. The van der Waals surface area contributed by atoms with E-state index in [2.05, 4.69) is 19.2 Å². The molecule has 2 atom stereocenters. The van der Waals surface area contributed by atoms with E-state index in [1.807, 2.05) is 6.08 Å². The summed E-state index contributed by atoms with van der Waals surface area (Å²) in [4.78, 5) is 24.6. The second kappa shape index (κ2) is 64.1. The van der Waals surface area contributed by atoms with Gasteiger partial charge in [0, 0.05) is 12.8 Å². The van der Waals surface area contributed by atoms with Crippen LogP contribution in [0.4, 0.5) is 0 Å². The van der Waals surface area contributed by atoms with Gasteiger partial charge in [0.05, 0.1) is 25.4 Å². The molecule has 6 nitrogen and oxygen atoms in total. The van der Waals surface area contributed by atoms with Crippen molar-refractivity contribution >= 4 is 11.9 Å². The fourth-order valence-electron chi connectivity index (χ4n) is 10.9. The molecule has 0 rings (SSSR count). The predicted octanol–water partition coefficient (Wildman–Crippen LogP) is 21.6. The molecular weight excluding hydrogens is 911 g/mol. The van der Waals surface area contributed by atoms with Crippen LogP contribution < -0.4 is 5.32 Å². The summed E-state index contributed by atoms with van der Waals surface area (Å²) in [5, 5.41) is 23.2. The maximum absolute atomic E-state index is 12.5. The Balaban J connectivity index is 3.38. The van der Waals surface area contributed by atoms with Crippen LogP contribution in [0.25, 0.3) is 0 Å². The molecule has 0 spiro atoms. The number of aliphatic hydroxyl groups excluding tert-OH is 2. The Bertz CT molecular complexity index is 1110. The number of aliphatic hydroxyl groups is 2. The van der Waals surface area contributed by atoms with Gasteiger partial charge in [0.25, 0.3) is 0 Å². The van der Waals surface area contributed by atoms with Crippen molar-refractivity contribution in [2.24, 2.45) is 0 Å². The number of esters is 1. The highest BCUT2D eigenvalue weighted by molar-refractivity contribution is 5.76. The number of carbonyl (C=O) groups excluding carboxylic acids is 2. The third-order valence-corrected chi connectivity index (χ3v) is 16.1. The first kappa shape index (κ1) is 72.6. The van der Waals surface area contributed by atoms with Crippen LogP contribution in [0.2, 0.25) is 0 Å². The SMILES string of the molecule is CCCCCCCCCCCCCCCCCCC/C=C/C(O)C(CO)NC(=O)CCCCCCCCCCCCCCCCCCCCCCCCCCOC(=O)CCCCCCCCCCCCCCCC. The average Bonchev–Trinajstić information content (AvgIpc) is 3.40. The summed E-state index contributed by atoms with van der Waals surface area (Å²) in [6, 6.07) is -0.627. The van der Waals surface area contributed by atoms with Gasteiger partial charge in [-0.15, -0.1) is 0 Å². The quantitative estimate of drug-likeness (QED) is 0.0320. The van der Waals surface area contributed by atoms with Crippen LogP contribution in [0.3, 0.4) is 0 Å². The minimum absolute atomic E-state index is 0.0182. The first-order valence-electron chi connectivity index (χ1n) is 34.0. The van der Waals surface area contributed by atoms with Gasteiger partial charge in [0.15, 0.2) is 0 Å². The molecule has 0 aliphatic heterocycles. The molecule has 6 heteroatoms. The van der Waals surface area contributed by atoms with Gasteiger partial charge in [-0.05, 0) is 32.1 Å². The van der Waals surface area contributed by atoms with Crippen LogP contribution >= 0.6 is 0 Å². The van der Waals surface area contributed by atoms with Crippen LogP contribution in [0.1, 0.15) is 386 Å². The van der Waals surface area contributed by atoms with Gasteiger partial charge in [-0.1, -0.05) is 353 Å². The van der Waals surface area contributed by atoms with Gasteiger partial charge in [-0.25, -0.2) is 0 Å². The molecule has 0 aromatic heterocycles. The Kier molecular flexibility index (Phi) is 62.9. The molecule has 0 radical (unpaired) electrons. The van der Waals surface area contributed by atoms with Crippen LogP contribution in [0, 0.1) is 0 Å². The van der Waals surface area contributed by atoms with E-state index in [9.17, 15) is 19.8 Å². The normalized spacial score (nSPS) is 12.5. The van der Waals surface area contributed by atoms with Gasteiger partial charge in [-0.3, -0.25) is 9.59 Å². The van der Waals surface area contributed by atoms with Crippen molar-refractivity contribution in [1.29, 1.82) is 0 Å². The number of hydrogen-bond acceptors (Lipinski definition) is 5. The van der Waals surface area contributed by atoms with Crippen molar-refractivity contribution in [2.75, 3.05) is 13.2 Å². The summed E-state index contributed by atoms with van der Waals surface area (Å²) in [6.45, 7) is 4.95. The zero-order chi connectivity index (χ0) is 53.6. The number of nitrogens with one attached hydrogen (secondary N) is 1. The molecule has 74 heavy (non-hydrogen) atoms. The Morgan fingerprint density at radius 2 is 0.622 bits per heavy atom. The summed E-state index contributed by atoms with van der Waals surface area (Å²) in [5.41, 5.74) is 0. The number of unbranched alkanes of at least 4 members (excludes halogenated alkanes) is 53. The molecule has 0 bridgehead atoms. The van der Waals surface area contributed by atoms with Crippen molar-refractivity contribution in [3.8, 4) is 0 Å². The van der Waals surface area contributed by atoms with E-state index in [4.69, 9.17) is 4.74 Å². The third kappa shape index (κ3) is 59.8. The lowest BCUT2D eigenvalue weighted by Crippen LogP contribution is -2.45. The number of ether oxygens (including phenoxy) is 1. The summed E-state index contributed by atoms with van der Waals surface area (Å²) < 4.78 is 5.49. The maximum Gasteiger partial charge on any atom is 0.305 e. The molecular formula is C68H133NO5. The molecule has 0 aromatic rings. The van der Waals surface area contributed by atoms with Crippen LogP contribution in [-0.2, 0) is 14.3 Å². The fraction of sp³-hybridized carbons (Fsp3) is 0.941.